The third-order valence-corrected chi connectivity index (χ3v) is 5.59. The fourth-order valence-electron chi connectivity index (χ4n) is 2.75. The minimum Gasteiger partial charge on any atom is -0.496 e. The molecule has 140 valence electrons. The molecule has 4 aromatic rings. The number of ether oxygens (including phenoxy) is 1. The Morgan fingerprint density at radius 1 is 1.14 bits per heavy atom. The van der Waals surface area contributed by atoms with Gasteiger partial charge in [0.05, 0.1) is 23.9 Å². The van der Waals surface area contributed by atoms with Crippen LogP contribution in [0.2, 0.25) is 0 Å². The lowest BCUT2D eigenvalue weighted by molar-refractivity contribution is 0.414. The molecule has 2 aromatic heterocycles. The van der Waals surface area contributed by atoms with Gasteiger partial charge in [-0.2, -0.15) is 14.9 Å². The number of hydrogen-bond acceptors (Lipinski definition) is 6. The number of para-hydroxylation sites is 1. The quantitative estimate of drug-likeness (QED) is 0.376. The normalized spacial score (nSPS) is 11.2. The third kappa shape index (κ3) is 3.51. The first-order valence-corrected chi connectivity index (χ1v) is 9.78. The van der Waals surface area contributed by atoms with Crippen molar-refractivity contribution in [2.24, 2.45) is 5.10 Å². The molecule has 0 fully saturated rings. The molecule has 1 N–H and O–H groups in total. The van der Waals surface area contributed by atoms with E-state index < -0.39 is 0 Å². The Kier molecular flexibility index (Phi) is 5.14. The van der Waals surface area contributed by atoms with Gasteiger partial charge in [-0.15, -0.1) is 11.3 Å². The molecule has 0 saturated heterocycles. The lowest BCUT2D eigenvalue weighted by atomic mass is 10.2. The van der Waals surface area contributed by atoms with Crippen molar-refractivity contribution < 1.29 is 4.74 Å². The van der Waals surface area contributed by atoms with Crippen molar-refractivity contribution in [3.05, 3.63) is 70.6 Å². The molecule has 0 radical (unpaired) electrons. The predicted octanol–water partition coefficient (Wildman–Crippen LogP) is 4.93. The van der Waals surface area contributed by atoms with E-state index in [4.69, 9.17) is 21.9 Å². The second kappa shape index (κ2) is 7.87. The van der Waals surface area contributed by atoms with Crippen molar-refractivity contribution in [3.8, 4) is 27.0 Å². The number of aryl methyl sites for hydroxylation is 1. The summed E-state index contributed by atoms with van der Waals surface area (Å²) in [7, 11) is 1.63. The van der Waals surface area contributed by atoms with Crippen molar-refractivity contribution in [2.45, 2.75) is 6.92 Å². The number of hydrogen-bond donors (Lipinski definition) is 1. The molecule has 2 aromatic carbocycles. The number of aromatic amines is 1. The van der Waals surface area contributed by atoms with Gasteiger partial charge in [0.25, 0.3) is 0 Å². The highest BCUT2D eigenvalue weighted by molar-refractivity contribution is 7.71. The molecule has 8 heteroatoms. The van der Waals surface area contributed by atoms with E-state index >= 15 is 0 Å². The first-order valence-electron chi connectivity index (χ1n) is 8.55. The van der Waals surface area contributed by atoms with Crippen LogP contribution in [0.5, 0.6) is 5.75 Å². The number of thiazole rings is 1. The molecule has 28 heavy (non-hydrogen) atoms. The molecule has 0 atom stereocenters. The van der Waals surface area contributed by atoms with Crippen LogP contribution < -0.4 is 4.74 Å². The van der Waals surface area contributed by atoms with Crippen LogP contribution in [0.3, 0.4) is 0 Å². The standard InChI is InChI=1S/C20H17N5OS2/c1-13-17(28-19(22-13)14-8-4-3-5-9-14)18-23-24-20(27)25(18)21-12-15-10-6-7-11-16(15)26-2/h3-12H,1-2H3,(H,24,27)/b21-12+. The summed E-state index contributed by atoms with van der Waals surface area (Å²) in [6, 6.07) is 17.7. The van der Waals surface area contributed by atoms with Gasteiger partial charge in [0.2, 0.25) is 4.77 Å². The van der Waals surface area contributed by atoms with Gasteiger partial charge in [-0.1, -0.05) is 42.5 Å². The van der Waals surface area contributed by atoms with Crippen LogP contribution in [0.4, 0.5) is 0 Å². The summed E-state index contributed by atoms with van der Waals surface area (Å²) in [5.74, 6) is 1.37. The van der Waals surface area contributed by atoms with Gasteiger partial charge < -0.3 is 4.74 Å². The summed E-state index contributed by atoms with van der Waals surface area (Å²) in [6.07, 6.45) is 1.71. The largest absolute Gasteiger partial charge is 0.496 e. The van der Waals surface area contributed by atoms with E-state index in [0.717, 1.165) is 32.5 Å². The molecule has 0 spiro atoms. The fourth-order valence-corrected chi connectivity index (χ4v) is 3.97. The number of aromatic nitrogens is 4. The molecule has 0 bridgehead atoms. The zero-order valence-electron chi connectivity index (χ0n) is 15.3. The smallest absolute Gasteiger partial charge is 0.216 e. The van der Waals surface area contributed by atoms with E-state index in [1.165, 1.54) is 0 Å². The lowest BCUT2D eigenvalue weighted by Gasteiger charge is -2.03. The highest BCUT2D eigenvalue weighted by atomic mass is 32.1. The van der Waals surface area contributed by atoms with Gasteiger partial charge in [0, 0.05) is 11.1 Å². The molecule has 0 unspecified atom stereocenters. The summed E-state index contributed by atoms with van der Waals surface area (Å²) < 4.78 is 7.39. The number of nitrogens with zero attached hydrogens (tertiary/aromatic N) is 4. The Balaban J connectivity index is 1.75. The number of rotatable bonds is 5. The van der Waals surface area contributed by atoms with Crippen molar-refractivity contribution in [1.29, 1.82) is 0 Å². The second-order valence-electron chi connectivity index (χ2n) is 5.95. The van der Waals surface area contributed by atoms with Gasteiger partial charge >= 0.3 is 0 Å². The first-order chi connectivity index (χ1) is 13.7. The number of benzene rings is 2. The summed E-state index contributed by atoms with van der Waals surface area (Å²) in [4.78, 5) is 5.62. The maximum absolute atomic E-state index is 5.38. The van der Waals surface area contributed by atoms with Crippen molar-refractivity contribution in [1.82, 2.24) is 19.9 Å². The Hall–Kier alpha value is -3.10. The molecule has 0 amide bonds. The molecule has 0 aliphatic heterocycles. The van der Waals surface area contributed by atoms with Gasteiger partial charge in [-0.3, -0.25) is 0 Å². The van der Waals surface area contributed by atoms with Crippen LogP contribution in [0.25, 0.3) is 21.3 Å². The average Bonchev–Trinajstić information content (AvgIpc) is 3.29. The van der Waals surface area contributed by atoms with Crippen LogP contribution in [0.1, 0.15) is 11.3 Å². The topological polar surface area (TPSA) is 68.1 Å². The molecular weight excluding hydrogens is 390 g/mol. The van der Waals surface area contributed by atoms with Crippen LogP contribution >= 0.6 is 23.6 Å². The fraction of sp³-hybridized carbons (Fsp3) is 0.100. The van der Waals surface area contributed by atoms with Crippen molar-refractivity contribution in [2.75, 3.05) is 7.11 Å². The number of methoxy groups -OCH3 is 1. The summed E-state index contributed by atoms with van der Waals surface area (Å²) >= 11 is 6.94. The van der Waals surface area contributed by atoms with E-state index in [2.05, 4.69) is 15.3 Å². The van der Waals surface area contributed by atoms with E-state index in [1.54, 1.807) is 29.3 Å². The lowest BCUT2D eigenvalue weighted by Crippen LogP contribution is -1.96. The molecule has 0 aliphatic carbocycles. The SMILES string of the molecule is COc1ccccc1/C=N/n1c(-c2sc(-c3ccccc3)nc2C)n[nH]c1=S. The second-order valence-corrected chi connectivity index (χ2v) is 7.34. The highest BCUT2D eigenvalue weighted by Crippen LogP contribution is 2.34. The van der Waals surface area contributed by atoms with Gasteiger partial charge in [-0.05, 0) is 31.3 Å². The molecule has 4 rings (SSSR count). The minimum atomic E-state index is 0.412. The van der Waals surface area contributed by atoms with E-state index in [0.29, 0.717) is 10.6 Å². The third-order valence-electron chi connectivity index (χ3n) is 4.12. The van der Waals surface area contributed by atoms with Gasteiger partial charge in [-0.25, -0.2) is 10.1 Å². The van der Waals surface area contributed by atoms with E-state index in [1.807, 2.05) is 61.5 Å². The summed E-state index contributed by atoms with van der Waals surface area (Å²) in [5, 5.41) is 12.7. The highest BCUT2D eigenvalue weighted by Gasteiger charge is 2.17. The van der Waals surface area contributed by atoms with Crippen LogP contribution in [0, 0.1) is 11.7 Å². The van der Waals surface area contributed by atoms with Crippen LogP contribution in [0.15, 0.2) is 59.7 Å². The maximum atomic E-state index is 5.38. The van der Waals surface area contributed by atoms with Crippen molar-refractivity contribution in [3.63, 3.8) is 0 Å². The zero-order valence-corrected chi connectivity index (χ0v) is 16.9. The van der Waals surface area contributed by atoms with E-state index in [-0.39, 0.29) is 0 Å². The molecular formula is C20H17N5OS2. The van der Waals surface area contributed by atoms with Gasteiger partial charge in [0.1, 0.15) is 10.8 Å². The first kappa shape index (κ1) is 18.3. The average molecular weight is 408 g/mol. The molecule has 2 heterocycles. The summed E-state index contributed by atoms with van der Waals surface area (Å²) in [6.45, 7) is 1.96. The molecule has 6 nitrogen and oxygen atoms in total. The van der Waals surface area contributed by atoms with Gasteiger partial charge in [0.15, 0.2) is 5.82 Å². The summed E-state index contributed by atoms with van der Waals surface area (Å²) in [5.41, 5.74) is 2.80. The predicted molar refractivity (Wildman–Crippen MR) is 115 cm³/mol. The van der Waals surface area contributed by atoms with Crippen molar-refractivity contribution >= 4 is 29.8 Å². The van der Waals surface area contributed by atoms with E-state index in [9.17, 15) is 0 Å². The Labute approximate surface area is 171 Å². The number of nitrogens with one attached hydrogen (secondary N) is 1. The zero-order chi connectivity index (χ0) is 19.5. The Bertz CT molecular complexity index is 1190. The van der Waals surface area contributed by atoms with Crippen LogP contribution in [-0.4, -0.2) is 33.2 Å². The monoisotopic (exact) mass is 407 g/mol. The maximum Gasteiger partial charge on any atom is 0.216 e. The van der Waals surface area contributed by atoms with Crippen LogP contribution in [-0.2, 0) is 0 Å². The minimum absolute atomic E-state index is 0.412. The Morgan fingerprint density at radius 3 is 2.68 bits per heavy atom. The number of H-pyrrole nitrogens is 1. The molecule has 0 saturated carbocycles. The Morgan fingerprint density at radius 2 is 1.89 bits per heavy atom. The molecule has 0 aliphatic rings.